The average Bonchev–Trinajstić information content (AvgIpc) is 3.13. The highest BCUT2D eigenvalue weighted by molar-refractivity contribution is 5.76. The number of carbonyl (C=O) groups excluding carboxylic acids is 1. The predicted octanol–water partition coefficient (Wildman–Crippen LogP) is 3.60. The summed E-state index contributed by atoms with van der Waals surface area (Å²) in [5.74, 6) is 0.0131. The topological polar surface area (TPSA) is 53.0 Å². The second-order valence-electron chi connectivity index (χ2n) is 10.7. The first-order valence-electron chi connectivity index (χ1n) is 12.7. The van der Waals surface area contributed by atoms with Gasteiger partial charge in [-0.25, -0.2) is 0 Å². The molecular weight excluding hydrogens is 412 g/mol. The standard InChI is InChI=1S/C28H38N2O3/c1-20-8-6-12-22-18-24-25(26(31)28(20,22)2)23(27(32)33-24)19-30-16-14-29(15-17-30)13-7-11-21-9-4-3-5-10-21/h3-5,7,9-12,20,23-26,31H,6,8,13-19H2,1-2H3/b11-7+/t20-,23-,24+,25+,26+,28+/m0/s1. The Bertz CT molecular complexity index is 905. The van der Waals surface area contributed by atoms with E-state index >= 15 is 0 Å². The molecule has 2 aliphatic heterocycles. The summed E-state index contributed by atoms with van der Waals surface area (Å²) in [5, 5.41) is 11.5. The average molecular weight is 451 g/mol. The number of aliphatic hydroxyl groups excluding tert-OH is 1. The third-order valence-corrected chi connectivity index (χ3v) is 8.96. The molecule has 0 spiro atoms. The number of hydrogen-bond donors (Lipinski definition) is 1. The molecule has 1 aromatic rings. The van der Waals surface area contributed by atoms with Gasteiger partial charge in [-0.15, -0.1) is 0 Å². The van der Waals surface area contributed by atoms with Gasteiger partial charge in [-0.05, 0) is 24.3 Å². The van der Waals surface area contributed by atoms with Crippen LogP contribution in [0.2, 0.25) is 0 Å². The minimum atomic E-state index is -0.515. The zero-order chi connectivity index (χ0) is 23.0. The van der Waals surface area contributed by atoms with Gasteiger partial charge in [-0.1, -0.05) is 68.0 Å². The van der Waals surface area contributed by atoms with Gasteiger partial charge in [0.15, 0.2) is 0 Å². The third-order valence-electron chi connectivity index (χ3n) is 8.96. The van der Waals surface area contributed by atoms with Gasteiger partial charge < -0.3 is 9.84 Å². The Labute approximate surface area is 198 Å². The van der Waals surface area contributed by atoms with Gasteiger partial charge >= 0.3 is 5.97 Å². The molecule has 33 heavy (non-hydrogen) atoms. The predicted molar refractivity (Wildman–Crippen MR) is 130 cm³/mol. The van der Waals surface area contributed by atoms with Crippen molar-refractivity contribution in [2.45, 2.75) is 45.3 Å². The summed E-state index contributed by atoms with van der Waals surface area (Å²) in [5.41, 5.74) is 2.31. The fraction of sp³-hybridized carbons (Fsp3) is 0.607. The number of hydrogen-bond acceptors (Lipinski definition) is 5. The maximum absolute atomic E-state index is 12.9. The van der Waals surface area contributed by atoms with Crippen molar-refractivity contribution in [2.24, 2.45) is 23.2 Å². The first-order valence-corrected chi connectivity index (χ1v) is 12.7. The molecule has 0 aromatic heterocycles. The quantitative estimate of drug-likeness (QED) is 0.549. The van der Waals surface area contributed by atoms with Crippen LogP contribution in [0.25, 0.3) is 6.08 Å². The Morgan fingerprint density at radius 2 is 1.88 bits per heavy atom. The molecule has 1 aromatic carbocycles. The number of benzene rings is 1. The summed E-state index contributed by atoms with van der Waals surface area (Å²) in [4.78, 5) is 17.8. The van der Waals surface area contributed by atoms with E-state index in [0.717, 1.165) is 52.0 Å². The largest absolute Gasteiger partial charge is 0.461 e. The Morgan fingerprint density at radius 3 is 2.64 bits per heavy atom. The Hall–Kier alpha value is -1.95. The van der Waals surface area contributed by atoms with Crippen LogP contribution in [0.15, 0.2) is 48.1 Å². The number of allylic oxidation sites excluding steroid dienone is 1. The van der Waals surface area contributed by atoms with Crippen LogP contribution in [0.4, 0.5) is 0 Å². The first kappa shape index (κ1) is 22.8. The fourth-order valence-electron chi connectivity index (χ4n) is 6.61. The molecule has 2 aliphatic carbocycles. The molecule has 6 atom stereocenters. The lowest BCUT2D eigenvalue weighted by Gasteiger charge is -2.52. The zero-order valence-electron chi connectivity index (χ0n) is 20.0. The maximum Gasteiger partial charge on any atom is 0.311 e. The van der Waals surface area contributed by atoms with Crippen LogP contribution >= 0.6 is 0 Å². The molecule has 0 amide bonds. The summed E-state index contributed by atoms with van der Waals surface area (Å²) in [6.07, 6.45) is 9.01. The van der Waals surface area contributed by atoms with E-state index in [-0.39, 0.29) is 29.3 Å². The normalized spacial score (nSPS) is 37.5. The van der Waals surface area contributed by atoms with Crippen LogP contribution in [0.1, 0.15) is 38.7 Å². The van der Waals surface area contributed by atoms with Crippen LogP contribution < -0.4 is 0 Å². The summed E-state index contributed by atoms with van der Waals surface area (Å²) < 4.78 is 5.85. The van der Waals surface area contributed by atoms with Gasteiger partial charge in [0.25, 0.3) is 0 Å². The van der Waals surface area contributed by atoms with E-state index in [1.165, 1.54) is 11.1 Å². The first-order chi connectivity index (χ1) is 16.0. The smallest absolute Gasteiger partial charge is 0.311 e. The number of aliphatic hydroxyl groups is 1. The molecule has 1 N–H and O–H groups in total. The molecule has 0 radical (unpaired) electrons. The summed E-state index contributed by atoms with van der Waals surface area (Å²) in [7, 11) is 0. The number of esters is 1. The molecule has 178 valence electrons. The Balaban J connectivity index is 1.18. The minimum absolute atomic E-state index is 0.0907. The van der Waals surface area contributed by atoms with Crippen molar-refractivity contribution in [3.05, 3.63) is 53.6 Å². The van der Waals surface area contributed by atoms with Gasteiger partial charge in [-0.3, -0.25) is 14.6 Å². The van der Waals surface area contributed by atoms with Crippen LogP contribution in [-0.4, -0.2) is 72.4 Å². The van der Waals surface area contributed by atoms with Gasteiger partial charge in [-0.2, -0.15) is 0 Å². The molecule has 5 nitrogen and oxygen atoms in total. The molecule has 5 rings (SSSR count). The van der Waals surface area contributed by atoms with E-state index in [0.29, 0.717) is 12.5 Å². The minimum Gasteiger partial charge on any atom is -0.461 e. The van der Waals surface area contributed by atoms with Gasteiger partial charge in [0.05, 0.1) is 12.0 Å². The SMILES string of the molecule is C[C@H]1CCC=C2C[C@H]3OC(=O)[C@@H](CN4CCN(C/C=C/c5ccccc5)CC4)[C@H]3[C@@H](O)[C@@]21C. The molecule has 5 heteroatoms. The number of fused-ring (bicyclic) bond motifs is 2. The second-order valence-corrected chi connectivity index (χ2v) is 10.7. The fourth-order valence-corrected chi connectivity index (χ4v) is 6.61. The third kappa shape index (κ3) is 4.31. The molecular formula is C28H38N2O3. The van der Waals surface area contributed by atoms with E-state index in [1.54, 1.807) is 0 Å². The van der Waals surface area contributed by atoms with E-state index in [9.17, 15) is 9.90 Å². The van der Waals surface area contributed by atoms with E-state index < -0.39 is 6.10 Å². The summed E-state index contributed by atoms with van der Waals surface area (Å²) >= 11 is 0. The number of carbonyl (C=O) groups is 1. The molecule has 1 saturated carbocycles. The van der Waals surface area contributed by atoms with E-state index in [1.807, 2.05) is 6.07 Å². The van der Waals surface area contributed by atoms with E-state index in [4.69, 9.17) is 4.74 Å². The van der Waals surface area contributed by atoms with Gasteiger partial charge in [0.1, 0.15) is 6.10 Å². The molecule has 2 saturated heterocycles. The van der Waals surface area contributed by atoms with Crippen molar-refractivity contribution in [3.63, 3.8) is 0 Å². The van der Waals surface area contributed by atoms with Crippen LogP contribution in [0, 0.1) is 23.2 Å². The van der Waals surface area contributed by atoms with Crippen molar-refractivity contribution >= 4 is 12.0 Å². The van der Waals surface area contributed by atoms with Gasteiger partial charge in [0, 0.05) is 57.0 Å². The second kappa shape index (κ2) is 9.36. The molecule has 0 bridgehead atoms. The van der Waals surface area contributed by atoms with Crippen molar-refractivity contribution in [2.75, 3.05) is 39.3 Å². The highest BCUT2D eigenvalue weighted by Crippen LogP contribution is 2.56. The van der Waals surface area contributed by atoms with Crippen molar-refractivity contribution < 1.29 is 14.6 Å². The lowest BCUT2D eigenvalue weighted by molar-refractivity contribution is -0.145. The molecule has 4 aliphatic rings. The molecule has 3 fully saturated rings. The van der Waals surface area contributed by atoms with Crippen LogP contribution in [-0.2, 0) is 9.53 Å². The van der Waals surface area contributed by atoms with Gasteiger partial charge in [0.2, 0.25) is 0 Å². The maximum atomic E-state index is 12.9. The number of rotatable bonds is 5. The summed E-state index contributed by atoms with van der Waals surface area (Å²) in [6.45, 7) is 10.0. The highest BCUT2D eigenvalue weighted by atomic mass is 16.6. The number of ether oxygens (including phenoxy) is 1. The summed E-state index contributed by atoms with van der Waals surface area (Å²) in [6, 6.07) is 10.4. The monoisotopic (exact) mass is 450 g/mol. The number of piperazine rings is 1. The Morgan fingerprint density at radius 1 is 1.15 bits per heavy atom. The van der Waals surface area contributed by atoms with Crippen molar-refractivity contribution in [1.29, 1.82) is 0 Å². The lowest BCUT2D eigenvalue weighted by atomic mass is 9.55. The van der Waals surface area contributed by atoms with Crippen molar-refractivity contribution in [3.8, 4) is 0 Å². The number of nitrogens with zero attached hydrogens (tertiary/aromatic N) is 2. The van der Waals surface area contributed by atoms with Crippen molar-refractivity contribution in [1.82, 2.24) is 9.80 Å². The molecule has 2 heterocycles. The zero-order valence-corrected chi connectivity index (χ0v) is 20.0. The Kier molecular flexibility index (Phi) is 6.47. The van der Waals surface area contributed by atoms with Crippen LogP contribution in [0.5, 0.6) is 0 Å². The highest BCUT2D eigenvalue weighted by Gasteiger charge is 2.59. The molecule has 0 unspecified atom stereocenters. The lowest BCUT2D eigenvalue weighted by Crippen LogP contribution is -2.55. The van der Waals surface area contributed by atoms with Crippen LogP contribution in [0.3, 0.4) is 0 Å². The van der Waals surface area contributed by atoms with E-state index in [2.05, 4.69) is 66.1 Å².